The summed E-state index contributed by atoms with van der Waals surface area (Å²) in [5, 5.41) is 4.00. The van der Waals surface area contributed by atoms with Gasteiger partial charge in [0.25, 0.3) is 0 Å². The molecule has 0 bridgehead atoms. The van der Waals surface area contributed by atoms with Gasteiger partial charge in [0.15, 0.2) is 0 Å². The number of ether oxygens (including phenoxy) is 1. The van der Waals surface area contributed by atoms with Gasteiger partial charge in [-0.25, -0.2) is 14.8 Å². The van der Waals surface area contributed by atoms with Crippen LogP contribution in [0.3, 0.4) is 0 Å². The third-order valence-corrected chi connectivity index (χ3v) is 5.58. The van der Waals surface area contributed by atoms with Crippen molar-refractivity contribution in [1.29, 1.82) is 0 Å². The number of benzene rings is 2. The molecule has 3 heterocycles. The van der Waals surface area contributed by atoms with Crippen molar-refractivity contribution in [2.45, 2.75) is 0 Å². The monoisotopic (exact) mass is 364 g/mol. The van der Waals surface area contributed by atoms with Gasteiger partial charge in [-0.3, -0.25) is 0 Å². The van der Waals surface area contributed by atoms with E-state index in [-0.39, 0.29) is 6.03 Å². The predicted molar refractivity (Wildman–Crippen MR) is 104 cm³/mol. The molecule has 0 unspecified atom stereocenters. The number of thiophene rings is 1. The van der Waals surface area contributed by atoms with Crippen molar-refractivity contribution in [2.24, 2.45) is 0 Å². The van der Waals surface area contributed by atoms with Crippen molar-refractivity contribution < 1.29 is 9.53 Å². The van der Waals surface area contributed by atoms with E-state index in [1.165, 1.54) is 0 Å². The van der Waals surface area contributed by atoms with Gasteiger partial charge >= 0.3 is 6.03 Å². The van der Waals surface area contributed by atoms with Crippen LogP contribution in [0.2, 0.25) is 0 Å². The van der Waals surface area contributed by atoms with Crippen molar-refractivity contribution in [3.05, 3.63) is 42.5 Å². The maximum absolute atomic E-state index is 12.4. The summed E-state index contributed by atoms with van der Waals surface area (Å²) in [5.74, 6) is 0. The number of anilines is 1. The average Bonchev–Trinajstić information content (AvgIpc) is 3.03. The van der Waals surface area contributed by atoms with Crippen LogP contribution in [-0.4, -0.2) is 47.2 Å². The van der Waals surface area contributed by atoms with Crippen LogP contribution in [0, 0.1) is 0 Å². The zero-order valence-corrected chi connectivity index (χ0v) is 14.8. The van der Waals surface area contributed by atoms with Crippen molar-refractivity contribution in [1.82, 2.24) is 14.9 Å². The van der Waals surface area contributed by atoms with E-state index in [0.29, 0.717) is 26.3 Å². The number of morpholine rings is 1. The van der Waals surface area contributed by atoms with E-state index in [9.17, 15) is 4.79 Å². The van der Waals surface area contributed by atoms with Crippen molar-refractivity contribution >= 4 is 54.5 Å². The molecule has 6 nitrogen and oxygen atoms in total. The van der Waals surface area contributed by atoms with Gasteiger partial charge in [-0.15, -0.1) is 11.3 Å². The molecular formula is C19H16N4O2S. The highest BCUT2D eigenvalue weighted by atomic mass is 32.1. The molecule has 0 saturated carbocycles. The number of carbonyl (C=O) groups excluding carboxylic acids is 1. The number of hydrogen-bond acceptors (Lipinski definition) is 5. The molecule has 0 spiro atoms. The normalized spacial score (nSPS) is 15.0. The van der Waals surface area contributed by atoms with Gasteiger partial charge in [0.05, 0.1) is 24.2 Å². The summed E-state index contributed by atoms with van der Waals surface area (Å²) >= 11 is 1.62. The molecule has 7 heteroatoms. The average molecular weight is 364 g/mol. The molecule has 0 radical (unpaired) electrons. The van der Waals surface area contributed by atoms with Gasteiger partial charge in [0, 0.05) is 28.9 Å². The lowest BCUT2D eigenvalue weighted by Crippen LogP contribution is -2.43. The molecule has 2 amide bonds. The van der Waals surface area contributed by atoms with Crippen LogP contribution in [0.15, 0.2) is 42.5 Å². The maximum Gasteiger partial charge on any atom is 0.321 e. The molecule has 0 atom stereocenters. The first kappa shape index (κ1) is 15.5. The largest absolute Gasteiger partial charge is 0.378 e. The zero-order chi connectivity index (χ0) is 17.5. The third-order valence-electron chi connectivity index (χ3n) is 4.53. The first-order valence-electron chi connectivity index (χ1n) is 8.51. The minimum absolute atomic E-state index is 0.0938. The van der Waals surface area contributed by atoms with Crippen LogP contribution in [0.25, 0.3) is 31.5 Å². The van der Waals surface area contributed by atoms with Gasteiger partial charge in [-0.05, 0) is 30.3 Å². The smallest absolute Gasteiger partial charge is 0.321 e. The standard InChI is InChI=1S/C19H16N4O2S/c24-19(23-7-9-25-10-8-23)20-12-5-6-16-13(11-12)17-18(26-16)22-15-4-2-1-3-14(15)21-17/h1-6,11H,7-10H2,(H,20,24). The Morgan fingerprint density at radius 1 is 1.08 bits per heavy atom. The number of aromatic nitrogens is 2. The molecule has 5 rings (SSSR count). The lowest BCUT2D eigenvalue weighted by Gasteiger charge is -2.26. The fourth-order valence-electron chi connectivity index (χ4n) is 3.19. The summed E-state index contributed by atoms with van der Waals surface area (Å²) in [6, 6.07) is 13.7. The molecule has 130 valence electrons. The molecule has 1 aliphatic heterocycles. The number of nitrogens with zero attached hydrogens (tertiary/aromatic N) is 3. The number of amides is 2. The Hall–Kier alpha value is -2.77. The maximum atomic E-state index is 12.4. The van der Waals surface area contributed by atoms with Gasteiger partial charge in [0.2, 0.25) is 0 Å². The first-order chi connectivity index (χ1) is 12.8. The molecule has 2 aromatic heterocycles. The Balaban J connectivity index is 1.54. The first-order valence-corrected chi connectivity index (χ1v) is 9.32. The second-order valence-electron chi connectivity index (χ2n) is 6.21. The van der Waals surface area contributed by atoms with Crippen LogP contribution in [0.1, 0.15) is 0 Å². The zero-order valence-electron chi connectivity index (χ0n) is 13.9. The molecule has 1 fully saturated rings. The Bertz CT molecular complexity index is 1130. The van der Waals surface area contributed by atoms with Gasteiger partial charge in [0.1, 0.15) is 10.3 Å². The highest BCUT2D eigenvalue weighted by Gasteiger charge is 2.17. The quantitative estimate of drug-likeness (QED) is 0.557. The van der Waals surface area contributed by atoms with Crippen LogP contribution in [-0.2, 0) is 4.74 Å². The summed E-state index contributed by atoms with van der Waals surface area (Å²) in [5.41, 5.74) is 3.42. The summed E-state index contributed by atoms with van der Waals surface area (Å²) in [6.45, 7) is 2.41. The fraction of sp³-hybridized carbons (Fsp3) is 0.211. The summed E-state index contributed by atoms with van der Waals surface area (Å²) in [7, 11) is 0. The van der Waals surface area contributed by atoms with E-state index >= 15 is 0 Å². The summed E-state index contributed by atoms with van der Waals surface area (Å²) in [4.78, 5) is 24.6. The van der Waals surface area contributed by atoms with Crippen LogP contribution in [0.4, 0.5) is 10.5 Å². The van der Waals surface area contributed by atoms with E-state index in [1.807, 2.05) is 42.5 Å². The minimum atomic E-state index is -0.0938. The topological polar surface area (TPSA) is 67.4 Å². The van der Waals surface area contributed by atoms with Crippen LogP contribution >= 0.6 is 11.3 Å². The third kappa shape index (κ3) is 2.65. The Labute approximate surface area is 153 Å². The summed E-state index contributed by atoms with van der Waals surface area (Å²) in [6.07, 6.45) is 0. The van der Waals surface area contributed by atoms with Crippen molar-refractivity contribution in [3.8, 4) is 0 Å². The number of nitrogens with one attached hydrogen (secondary N) is 1. The van der Waals surface area contributed by atoms with Gasteiger partial charge < -0.3 is 15.0 Å². The fourth-order valence-corrected chi connectivity index (χ4v) is 4.19. The Kier molecular flexibility index (Phi) is 3.69. The van der Waals surface area contributed by atoms with Crippen molar-refractivity contribution in [2.75, 3.05) is 31.6 Å². The SMILES string of the molecule is O=C(Nc1ccc2sc3nc4ccccc4nc3c2c1)N1CCOCC1. The Morgan fingerprint density at radius 2 is 1.85 bits per heavy atom. The highest BCUT2D eigenvalue weighted by Crippen LogP contribution is 2.34. The molecule has 0 aliphatic carbocycles. The van der Waals surface area contributed by atoms with Gasteiger partial charge in [-0.2, -0.15) is 0 Å². The van der Waals surface area contributed by atoms with E-state index in [2.05, 4.69) is 5.32 Å². The predicted octanol–water partition coefficient (Wildman–Crippen LogP) is 3.86. The summed E-state index contributed by atoms with van der Waals surface area (Å²) < 4.78 is 6.41. The molecule has 1 aliphatic rings. The van der Waals surface area contributed by atoms with Crippen LogP contribution < -0.4 is 5.32 Å². The highest BCUT2D eigenvalue weighted by molar-refractivity contribution is 7.25. The molecule has 1 N–H and O–H groups in total. The van der Waals surface area contributed by atoms with E-state index in [1.54, 1.807) is 16.2 Å². The van der Waals surface area contributed by atoms with Gasteiger partial charge in [-0.1, -0.05) is 12.1 Å². The molecule has 1 saturated heterocycles. The number of para-hydroxylation sites is 2. The number of rotatable bonds is 1. The lowest BCUT2D eigenvalue weighted by atomic mass is 10.2. The van der Waals surface area contributed by atoms with E-state index < -0.39 is 0 Å². The molecule has 26 heavy (non-hydrogen) atoms. The molecule has 2 aromatic carbocycles. The second-order valence-corrected chi connectivity index (χ2v) is 7.24. The lowest BCUT2D eigenvalue weighted by molar-refractivity contribution is 0.0564. The van der Waals surface area contributed by atoms with Crippen LogP contribution in [0.5, 0.6) is 0 Å². The number of carbonyl (C=O) groups is 1. The number of hydrogen-bond donors (Lipinski definition) is 1. The number of urea groups is 1. The molecular weight excluding hydrogens is 348 g/mol. The molecule has 4 aromatic rings. The number of fused-ring (bicyclic) bond motifs is 4. The van der Waals surface area contributed by atoms with Crippen molar-refractivity contribution in [3.63, 3.8) is 0 Å². The Morgan fingerprint density at radius 3 is 2.65 bits per heavy atom. The minimum Gasteiger partial charge on any atom is -0.378 e. The second kappa shape index (κ2) is 6.19. The van der Waals surface area contributed by atoms with E-state index in [0.717, 1.165) is 37.2 Å². The van der Waals surface area contributed by atoms with E-state index in [4.69, 9.17) is 14.7 Å².